The number of rotatable bonds is 6. The van der Waals surface area contributed by atoms with Gasteiger partial charge in [0, 0.05) is 11.1 Å². The van der Waals surface area contributed by atoms with Crippen molar-refractivity contribution in [2.75, 3.05) is 0 Å². The fourth-order valence-corrected chi connectivity index (χ4v) is 2.46. The van der Waals surface area contributed by atoms with Gasteiger partial charge in [-0.05, 0) is 30.7 Å². The van der Waals surface area contributed by atoms with Crippen LogP contribution in [0.3, 0.4) is 0 Å². The zero-order valence-electron chi connectivity index (χ0n) is 14.2. The predicted molar refractivity (Wildman–Crippen MR) is 102 cm³/mol. The van der Waals surface area contributed by atoms with Crippen molar-refractivity contribution < 1.29 is 9.53 Å². The van der Waals surface area contributed by atoms with Crippen LogP contribution in [0, 0.1) is 6.92 Å². The molecule has 25 heavy (non-hydrogen) atoms. The van der Waals surface area contributed by atoms with Crippen LogP contribution in [0.2, 0.25) is 0 Å². The Bertz CT molecular complexity index is 862. The molecule has 124 valence electrons. The largest absolute Gasteiger partial charge is 0.488 e. The van der Waals surface area contributed by atoms with E-state index in [1.807, 2.05) is 54.6 Å². The minimum Gasteiger partial charge on any atom is -0.488 e. The summed E-state index contributed by atoms with van der Waals surface area (Å²) in [5.74, 6) is 0.745. The van der Waals surface area contributed by atoms with Crippen molar-refractivity contribution in [1.29, 1.82) is 0 Å². The van der Waals surface area contributed by atoms with Crippen LogP contribution in [0.4, 0.5) is 0 Å². The van der Waals surface area contributed by atoms with E-state index in [9.17, 15) is 4.79 Å². The quantitative estimate of drug-likeness (QED) is 0.443. The second-order valence-electron chi connectivity index (χ2n) is 5.88. The number of aryl methyl sites for hydroxylation is 1. The molecule has 0 fully saturated rings. The number of ketones is 1. The highest BCUT2D eigenvalue weighted by Gasteiger charge is 2.03. The first kappa shape index (κ1) is 16.7. The Kier molecular flexibility index (Phi) is 5.43. The van der Waals surface area contributed by atoms with Gasteiger partial charge >= 0.3 is 0 Å². The van der Waals surface area contributed by atoms with Crippen LogP contribution < -0.4 is 4.74 Å². The molecule has 0 bridgehead atoms. The highest BCUT2D eigenvalue weighted by molar-refractivity contribution is 6.06. The van der Waals surface area contributed by atoms with Gasteiger partial charge < -0.3 is 4.74 Å². The third kappa shape index (κ3) is 4.67. The summed E-state index contributed by atoms with van der Waals surface area (Å²) in [6, 6.07) is 25.2. The molecule has 3 rings (SSSR count). The van der Waals surface area contributed by atoms with E-state index in [0.29, 0.717) is 12.2 Å². The van der Waals surface area contributed by atoms with Crippen molar-refractivity contribution >= 4 is 11.9 Å². The van der Waals surface area contributed by atoms with Gasteiger partial charge in [0.05, 0.1) is 0 Å². The number of ether oxygens (including phenoxy) is 1. The van der Waals surface area contributed by atoms with Crippen molar-refractivity contribution in [2.45, 2.75) is 13.5 Å². The molecule has 0 aliphatic carbocycles. The van der Waals surface area contributed by atoms with E-state index in [1.54, 1.807) is 12.2 Å². The lowest BCUT2D eigenvalue weighted by atomic mass is 10.1. The van der Waals surface area contributed by atoms with Gasteiger partial charge in [-0.1, -0.05) is 78.4 Å². The number of para-hydroxylation sites is 1. The molecule has 2 nitrogen and oxygen atoms in total. The van der Waals surface area contributed by atoms with Gasteiger partial charge in [-0.15, -0.1) is 0 Å². The molecule has 0 N–H and O–H groups in total. The molecule has 0 saturated carbocycles. The van der Waals surface area contributed by atoms with E-state index < -0.39 is 0 Å². The second kappa shape index (κ2) is 8.11. The number of carbonyl (C=O) groups excluding carboxylic acids is 1. The minimum absolute atomic E-state index is 0.0195. The zero-order chi connectivity index (χ0) is 17.5. The van der Waals surface area contributed by atoms with E-state index in [0.717, 1.165) is 16.9 Å². The Labute approximate surface area is 148 Å². The fourth-order valence-electron chi connectivity index (χ4n) is 2.46. The molecule has 0 radical (unpaired) electrons. The summed E-state index contributed by atoms with van der Waals surface area (Å²) < 4.78 is 5.94. The summed E-state index contributed by atoms with van der Waals surface area (Å²) in [4.78, 5) is 12.2. The first-order chi connectivity index (χ1) is 12.2. The summed E-state index contributed by atoms with van der Waals surface area (Å²) in [6.07, 6.45) is 3.39. The topological polar surface area (TPSA) is 26.3 Å². The molecule has 0 amide bonds. The Morgan fingerprint density at radius 3 is 2.32 bits per heavy atom. The molecule has 0 heterocycles. The Hall–Kier alpha value is -3.13. The molecule has 3 aromatic rings. The molecule has 0 aromatic heterocycles. The lowest BCUT2D eigenvalue weighted by Gasteiger charge is -2.09. The molecule has 0 aliphatic rings. The van der Waals surface area contributed by atoms with Gasteiger partial charge in [0.25, 0.3) is 0 Å². The van der Waals surface area contributed by atoms with Gasteiger partial charge in [-0.25, -0.2) is 0 Å². The molecular formula is C23H20O2. The van der Waals surface area contributed by atoms with Gasteiger partial charge in [0.2, 0.25) is 0 Å². The molecule has 3 aromatic carbocycles. The Morgan fingerprint density at radius 2 is 1.56 bits per heavy atom. The maximum Gasteiger partial charge on any atom is 0.185 e. The van der Waals surface area contributed by atoms with Crippen molar-refractivity contribution in [3.8, 4) is 5.75 Å². The normalized spacial score (nSPS) is 10.8. The van der Waals surface area contributed by atoms with Crippen LogP contribution in [0.25, 0.3) is 6.08 Å². The van der Waals surface area contributed by atoms with Crippen LogP contribution in [-0.2, 0) is 6.61 Å². The SMILES string of the molecule is Cc1ccc(COc2ccccc2/C=C/C(=O)c2ccccc2)cc1. The zero-order valence-corrected chi connectivity index (χ0v) is 14.2. The molecule has 0 spiro atoms. The average Bonchev–Trinajstić information content (AvgIpc) is 2.67. The summed E-state index contributed by atoms with van der Waals surface area (Å²) >= 11 is 0. The first-order valence-electron chi connectivity index (χ1n) is 8.27. The van der Waals surface area contributed by atoms with E-state index in [-0.39, 0.29) is 5.78 Å². The van der Waals surface area contributed by atoms with E-state index in [1.165, 1.54) is 5.56 Å². The van der Waals surface area contributed by atoms with Crippen molar-refractivity contribution in [3.63, 3.8) is 0 Å². The van der Waals surface area contributed by atoms with Gasteiger partial charge in [0.15, 0.2) is 5.78 Å². The second-order valence-corrected chi connectivity index (χ2v) is 5.88. The highest BCUT2D eigenvalue weighted by atomic mass is 16.5. The van der Waals surface area contributed by atoms with E-state index in [2.05, 4.69) is 31.2 Å². The van der Waals surface area contributed by atoms with E-state index >= 15 is 0 Å². The third-order valence-electron chi connectivity index (χ3n) is 3.91. The first-order valence-corrected chi connectivity index (χ1v) is 8.27. The molecule has 2 heteroatoms. The van der Waals surface area contributed by atoms with Crippen LogP contribution >= 0.6 is 0 Å². The highest BCUT2D eigenvalue weighted by Crippen LogP contribution is 2.21. The summed E-state index contributed by atoms with van der Waals surface area (Å²) in [5.41, 5.74) is 3.91. The van der Waals surface area contributed by atoms with Crippen molar-refractivity contribution in [1.82, 2.24) is 0 Å². The molecular weight excluding hydrogens is 308 g/mol. The lowest BCUT2D eigenvalue weighted by Crippen LogP contribution is -1.97. The standard InChI is InChI=1S/C23H20O2/c1-18-11-13-19(14-12-18)17-25-23-10-6-5-9-21(23)15-16-22(24)20-7-3-2-4-8-20/h2-16H,17H2,1H3/b16-15+. The predicted octanol–water partition coefficient (Wildman–Crippen LogP) is 5.47. The molecule has 0 aliphatic heterocycles. The van der Waals surface area contributed by atoms with Crippen molar-refractivity contribution in [2.24, 2.45) is 0 Å². The van der Waals surface area contributed by atoms with E-state index in [4.69, 9.17) is 4.74 Å². The Balaban J connectivity index is 1.71. The van der Waals surface area contributed by atoms with Crippen LogP contribution in [0.15, 0.2) is 84.9 Å². The number of carbonyl (C=O) groups is 1. The maximum atomic E-state index is 12.2. The molecule has 0 saturated heterocycles. The van der Waals surface area contributed by atoms with Gasteiger partial charge in [-0.2, -0.15) is 0 Å². The maximum absolute atomic E-state index is 12.2. The summed E-state index contributed by atoms with van der Waals surface area (Å²) in [6.45, 7) is 2.56. The van der Waals surface area contributed by atoms with Crippen LogP contribution in [0.1, 0.15) is 27.0 Å². The lowest BCUT2D eigenvalue weighted by molar-refractivity contribution is 0.104. The van der Waals surface area contributed by atoms with Crippen LogP contribution in [-0.4, -0.2) is 5.78 Å². The van der Waals surface area contributed by atoms with Crippen LogP contribution in [0.5, 0.6) is 5.75 Å². The summed E-state index contributed by atoms with van der Waals surface area (Å²) in [5, 5.41) is 0. The van der Waals surface area contributed by atoms with Gasteiger partial charge in [-0.3, -0.25) is 4.79 Å². The smallest absolute Gasteiger partial charge is 0.185 e. The van der Waals surface area contributed by atoms with Crippen molar-refractivity contribution in [3.05, 3.63) is 107 Å². The number of allylic oxidation sites excluding steroid dienone is 1. The fraction of sp³-hybridized carbons (Fsp3) is 0.0870. The summed E-state index contributed by atoms with van der Waals surface area (Å²) in [7, 11) is 0. The average molecular weight is 328 g/mol. The minimum atomic E-state index is -0.0195. The van der Waals surface area contributed by atoms with Gasteiger partial charge in [0.1, 0.15) is 12.4 Å². The molecule has 0 atom stereocenters. The number of hydrogen-bond acceptors (Lipinski definition) is 2. The third-order valence-corrected chi connectivity index (χ3v) is 3.91. The Morgan fingerprint density at radius 1 is 0.880 bits per heavy atom. The molecule has 0 unspecified atom stereocenters. The number of hydrogen-bond donors (Lipinski definition) is 0. The number of benzene rings is 3. The monoisotopic (exact) mass is 328 g/mol.